The van der Waals surface area contributed by atoms with E-state index in [1.54, 1.807) is 4.90 Å². The standard InChI is InChI=1S/C30H33F2N3O3/c31-24-16-21(17-25(32)18-24)5-6-28(36)34-13-9-22(10-14-34)29(30(37)38)35-11-7-20(8-12-35)15-23-19-33-27-4-2-1-3-26(23)27/h1-6,16-20,22,29,33H,7-15H2,(H,37,38)/b6-5+. The predicted molar refractivity (Wildman–Crippen MR) is 142 cm³/mol. The smallest absolute Gasteiger partial charge is 0.321 e. The van der Waals surface area contributed by atoms with Gasteiger partial charge in [0.2, 0.25) is 5.91 Å². The van der Waals surface area contributed by atoms with E-state index in [-0.39, 0.29) is 17.4 Å². The van der Waals surface area contributed by atoms with Gasteiger partial charge in [-0.3, -0.25) is 14.5 Å². The van der Waals surface area contributed by atoms with Gasteiger partial charge in [-0.1, -0.05) is 18.2 Å². The fourth-order valence-corrected chi connectivity index (χ4v) is 6.08. The Labute approximate surface area is 220 Å². The fraction of sp³-hybridized carbons (Fsp3) is 0.400. The number of carboxylic acid groups (broad SMARTS) is 1. The molecule has 200 valence electrons. The molecule has 1 amide bonds. The lowest BCUT2D eigenvalue weighted by molar-refractivity contribution is -0.147. The molecule has 8 heteroatoms. The van der Waals surface area contributed by atoms with Crippen molar-refractivity contribution in [1.82, 2.24) is 14.8 Å². The summed E-state index contributed by atoms with van der Waals surface area (Å²) in [4.78, 5) is 32.1. The third-order valence-electron chi connectivity index (χ3n) is 8.08. The van der Waals surface area contributed by atoms with Crippen LogP contribution in [0.15, 0.2) is 54.7 Å². The van der Waals surface area contributed by atoms with E-state index < -0.39 is 23.6 Å². The minimum Gasteiger partial charge on any atom is -0.480 e. The number of fused-ring (bicyclic) bond motifs is 1. The van der Waals surface area contributed by atoms with E-state index >= 15 is 0 Å². The highest BCUT2D eigenvalue weighted by Crippen LogP contribution is 2.31. The van der Waals surface area contributed by atoms with E-state index in [0.29, 0.717) is 31.8 Å². The number of nitrogens with one attached hydrogen (secondary N) is 1. The number of hydrogen-bond acceptors (Lipinski definition) is 3. The minimum atomic E-state index is -0.794. The van der Waals surface area contributed by atoms with Crippen LogP contribution >= 0.6 is 0 Å². The number of benzene rings is 2. The molecule has 6 nitrogen and oxygen atoms in total. The number of rotatable bonds is 7. The first kappa shape index (κ1) is 26.1. The van der Waals surface area contributed by atoms with E-state index in [1.165, 1.54) is 35.2 Å². The van der Waals surface area contributed by atoms with Gasteiger partial charge in [0, 0.05) is 42.3 Å². The number of piperidine rings is 2. The lowest BCUT2D eigenvalue weighted by Gasteiger charge is -2.41. The second-order valence-corrected chi connectivity index (χ2v) is 10.5. The average Bonchev–Trinajstić information content (AvgIpc) is 3.31. The molecule has 2 aliphatic rings. The molecule has 2 N–H and O–H groups in total. The molecule has 1 unspecified atom stereocenters. The Hall–Kier alpha value is -3.52. The Balaban J connectivity index is 1.13. The number of aromatic amines is 1. The van der Waals surface area contributed by atoms with Crippen molar-refractivity contribution in [2.75, 3.05) is 26.2 Å². The third-order valence-corrected chi connectivity index (χ3v) is 8.08. The highest BCUT2D eigenvalue weighted by atomic mass is 19.1. The van der Waals surface area contributed by atoms with E-state index in [0.717, 1.165) is 43.9 Å². The topological polar surface area (TPSA) is 76.6 Å². The summed E-state index contributed by atoms with van der Waals surface area (Å²) in [7, 11) is 0. The number of amides is 1. The van der Waals surface area contributed by atoms with Crippen molar-refractivity contribution in [3.8, 4) is 0 Å². The van der Waals surface area contributed by atoms with Gasteiger partial charge in [-0.15, -0.1) is 0 Å². The molecule has 5 rings (SSSR count). The highest BCUT2D eigenvalue weighted by Gasteiger charge is 2.38. The molecule has 0 bridgehead atoms. The Morgan fingerprint density at radius 3 is 2.37 bits per heavy atom. The van der Waals surface area contributed by atoms with Crippen LogP contribution in [-0.2, 0) is 16.0 Å². The van der Waals surface area contributed by atoms with Crippen LogP contribution in [0.2, 0.25) is 0 Å². The number of carboxylic acids is 1. The van der Waals surface area contributed by atoms with Gasteiger partial charge in [-0.25, -0.2) is 8.78 Å². The zero-order chi connectivity index (χ0) is 26.6. The summed E-state index contributed by atoms with van der Waals surface area (Å²) in [5.41, 5.74) is 2.75. The molecule has 2 saturated heterocycles. The molecular weight excluding hydrogens is 488 g/mol. The largest absolute Gasteiger partial charge is 0.480 e. The summed E-state index contributed by atoms with van der Waals surface area (Å²) in [5, 5.41) is 11.4. The lowest BCUT2D eigenvalue weighted by atomic mass is 9.85. The number of H-pyrrole nitrogens is 1. The first-order valence-electron chi connectivity index (χ1n) is 13.3. The van der Waals surface area contributed by atoms with E-state index in [1.807, 2.05) is 6.07 Å². The molecule has 2 aromatic carbocycles. The van der Waals surface area contributed by atoms with E-state index in [2.05, 4.69) is 34.3 Å². The highest BCUT2D eigenvalue weighted by molar-refractivity contribution is 5.91. The number of nitrogens with zero attached hydrogens (tertiary/aromatic N) is 2. The number of para-hydroxylation sites is 1. The van der Waals surface area contributed by atoms with Gasteiger partial charge < -0.3 is 15.0 Å². The predicted octanol–water partition coefficient (Wildman–Crippen LogP) is 5.11. The maximum absolute atomic E-state index is 13.4. The van der Waals surface area contributed by atoms with Crippen molar-refractivity contribution >= 4 is 28.9 Å². The Kier molecular flexibility index (Phi) is 7.88. The zero-order valence-electron chi connectivity index (χ0n) is 21.3. The summed E-state index contributed by atoms with van der Waals surface area (Å²) >= 11 is 0. The number of halogens is 2. The van der Waals surface area contributed by atoms with Crippen LogP contribution in [0.3, 0.4) is 0 Å². The summed E-state index contributed by atoms with van der Waals surface area (Å²) in [6.07, 6.45) is 8.96. The molecule has 3 heterocycles. The number of aromatic nitrogens is 1. The van der Waals surface area contributed by atoms with E-state index in [9.17, 15) is 23.5 Å². The molecule has 38 heavy (non-hydrogen) atoms. The van der Waals surface area contributed by atoms with Gasteiger partial charge in [0.25, 0.3) is 0 Å². The van der Waals surface area contributed by atoms with Gasteiger partial charge in [-0.2, -0.15) is 0 Å². The van der Waals surface area contributed by atoms with Gasteiger partial charge in [0.1, 0.15) is 17.7 Å². The Bertz CT molecular complexity index is 1300. The maximum Gasteiger partial charge on any atom is 0.321 e. The number of carbonyl (C=O) groups excluding carboxylic acids is 1. The summed E-state index contributed by atoms with van der Waals surface area (Å²) in [5.74, 6) is -1.92. The van der Waals surface area contributed by atoms with Crippen molar-refractivity contribution in [3.63, 3.8) is 0 Å². The number of hydrogen-bond donors (Lipinski definition) is 2. The van der Waals surface area contributed by atoms with Crippen LogP contribution in [0.25, 0.3) is 17.0 Å². The molecule has 1 aromatic heterocycles. The zero-order valence-corrected chi connectivity index (χ0v) is 21.3. The molecule has 0 aliphatic carbocycles. The molecule has 1 atom stereocenters. The van der Waals surface area contributed by atoms with Gasteiger partial charge >= 0.3 is 5.97 Å². The summed E-state index contributed by atoms with van der Waals surface area (Å²) in [6, 6.07) is 10.9. The van der Waals surface area contributed by atoms with Crippen LogP contribution in [0, 0.1) is 23.5 Å². The van der Waals surface area contributed by atoms with Crippen molar-refractivity contribution in [2.24, 2.45) is 11.8 Å². The Morgan fingerprint density at radius 2 is 1.68 bits per heavy atom. The van der Waals surface area contributed by atoms with Crippen molar-refractivity contribution in [2.45, 2.75) is 38.1 Å². The normalized spacial score (nSPS) is 18.8. The summed E-state index contributed by atoms with van der Waals surface area (Å²) < 4.78 is 26.8. The van der Waals surface area contributed by atoms with Gasteiger partial charge in [-0.05, 0) is 92.4 Å². The molecule has 2 fully saturated rings. The van der Waals surface area contributed by atoms with Crippen LogP contribution in [0.1, 0.15) is 36.8 Å². The first-order valence-corrected chi connectivity index (χ1v) is 13.3. The Morgan fingerprint density at radius 1 is 1.00 bits per heavy atom. The monoisotopic (exact) mass is 521 g/mol. The van der Waals surface area contributed by atoms with E-state index in [4.69, 9.17) is 0 Å². The van der Waals surface area contributed by atoms with Gasteiger partial charge in [0.05, 0.1) is 0 Å². The molecular formula is C30H33F2N3O3. The minimum absolute atomic E-state index is 0.0250. The van der Waals surface area contributed by atoms with Crippen LogP contribution in [-0.4, -0.2) is 64.0 Å². The molecule has 0 saturated carbocycles. The van der Waals surface area contributed by atoms with Crippen LogP contribution in [0.4, 0.5) is 8.78 Å². The molecule has 2 aliphatic heterocycles. The van der Waals surface area contributed by atoms with Crippen molar-refractivity contribution < 1.29 is 23.5 Å². The second kappa shape index (κ2) is 11.5. The summed E-state index contributed by atoms with van der Waals surface area (Å²) in [6.45, 7) is 2.45. The lowest BCUT2D eigenvalue weighted by Crippen LogP contribution is -2.52. The third kappa shape index (κ3) is 5.96. The number of likely N-dealkylation sites (tertiary alicyclic amines) is 2. The SMILES string of the molecule is O=C(O)C(C1CCN(C(=O)/C=C/c2cc(F)cc(F)c2)CC1)N1CCC(Cc2c[nH]c3ccccc23)CC1. The molecule has 3 aromatic rings. The fourth-order valence-electron chi connectivity index (χ4n) is 6.08. The van der Waals surface area contributed by atoms with Crippen molar-refractivity contribution in [3.05, 3.63) is 77.5 Å². The molecule has 0 radical (unpaired) electrons. The average molecular weight is 522 g/mol. The van der Waals surface area contributed by atoms with Gasteiger partial charge in [0.15, 0.2) is 0 Å². The molecule has 0 spiro atoms. The van der Waals surface area contributed by atoms with Crippen LogP contribution in [0.5, 0.6) is 0 Å². The maximum atomic E-state index is 13.4. The van der Waals surface area contributed by atoms with Crippen LogP contribution < -0.4 is 0 Å². The second-order valence-electron chi connectivity index (χ2n) is 10.5. The first-order chi connectivity index (χ1) is 18.4. The quantitative estimate of drug-likeness (QED) is 0.424. The number of aliphatic carboxylic acids is 1. The number of carbonyl (C=O) groups is 2. The van der Waals surface area contributed by atoms with Crippen molar-refractivity contribution in [1.29, 1.82) is 0 Å².